The number of aryl methyl sites for hydroxylation is 1. The number of hydrogen-bond acceptors (Lipinski definition) is 4. The predicted octanol–water partition coefficient (Wildman–Crippen LogP) is 2.70. The molecule has 0 saturated carbocycles. The van der Waals surface area contributed by atoms with Crippen molar-refractivity contribution in [2.24, 2.45) is 0 Å². The van der Waals surface area contributed by atoms with Gasteiger partial charge in [-0.2, -0.15) is 4.98 Å². The zero-order chi connectivity index (χ0) is 11.5. The fraction of sp³-hybridized carbons (Fsp3) is 0.250. The third-order valence-corrected chi connectivity index (χ3v) is 2.35. The van der Waals surface area contributed by atoms with E-state index in [-0.39, 0.29) is 0 Å². The second-order valence-corrected chi connectivity index (χ2v) is 3.41. The van der Waals surface area contributed by atoms with Crippen LogP contribution in [0.1, 0.15) is 5.76 Å². The van der Waals surface area contributed by atoms with Crippen molar-refractivity contribution in [2.75, 3.05) is 19.5 Å². The van der Waals surface area contributed by atoms with E-state index in [9.17, 15) is 0 Å². The Labute approximate surface area is 94.3 Å². The van der Waals surface area contributed by atoms with Gasteiger partial charge in [0.15, 0.2) is 0 Å². The molecule has 0 aliphatic rings. The maximum Gasteiger partial charge on any atom is 0.295 e. The van der Waals surface area contributed by atoms with Crippen LogP contribution in [0.3, 0.4) is 0 Å². The van der Waals surface area contributed by atoms with Gasteiger partial charge in [-0.05, 0) is 19.1 Å². The molecule has 0 bridgehead atoms. The van der Waals surface area contributed by atoms with Crippen LogP contribution in [0.25, 0.3) is 11.3 Å². The zero-order valence-corrected chi connectivity index (χ0v) is 9.57. The summed E-state index contributed by atoms with van der Waals surface area (Å²) in [5.74, 6) is 1.60. The fourth-order valence-electron chi connectivity index (χ4n) is 1.54. The summed E-state index contributed by atoms with van der Waals surface area (Å²) < 4.78 is 10.6. The summed E-state index contributed by atoms with van der Waals surface area (Å²) in [5.41, 5.74) is 1.82. The van der Waals surface area contributed by atoms with Crippen molar-refractivity contribution in [3.05, 3.63) is 30.0 Å². The van der Waals surface area contributed by atoms with Crippen molar-refractivity contribution < 1.29 is 9.15 Å². The molecule has 1 aromatic heterocycles. The molecule has 0 unspecified atom stereocenters. The van der Waals surface area contributed by atoms with Gasteiger partial charge < -0.3 is 14.5 Å². The molecule has 1 N–H and O–H groups in total. The van der Waals surface area contributed by atoms with E-state index in [4.69, 9.17) is 9.15 Å². The Morgan fingerprint density at radius 1 is 1.38 bits per heavy atom. The first-order chi connectivity index (χ1) is 7.74. The van der Waals surface area contributed by atoms with Gasteiger partial charge in [-0.15, -0.1) is 0 Å². The van der Waals surface area contributed by atoms with Gasteiger partial charge in [0.05, 0.1) is 7.11 Å². The topological polar surface area (TPSA) is 47.3 Å². The lowest BCUT2D eigenvalue weighted by Crippen LogP contribution is -1.87. The van der Waals surface area contributed by atoms with Gasteiger partial charge in [-0.25, -0.2) is 0 Å². The van der Waals surface area contributed by atoms with Crippen LogP contribution in [0.4, 0.5) is 6.01 Å². The monoisotopic (exact) mass is 218 g/mol. The Morgan fingerprint density at radius 3 is 2.81 bits per heavy atom. The fourth-order valence-corrected chi connectivity index (χ4v) is 1.54. The Kier molecular flexibility index (Phi) is 2.81. The second-order valence-electron chi connectivity index (χ2n) is 3.41. The van der Waals surface area contributed by atoms with Crippen LogP contribution in [0.15, 0.2) is 28.7 Å². The molecule has 0 aliphatic heterocycles. The molecule has 2 aromatic rings. The van der Waals surface area contributed by atoms with Crippen molar-refractivity contribution in [1.82, 2.24) is 4.98 Å². The molecule has 0 fully saturated rings. The number of hydrogen-bond donors (Lipinski definition) is 1. The van der Waals surface area contributed by atoms with Crippen LogP contribution in [0, 0.1) is 6.92 Å². The van der Waals surface area contributed by atoms with E-state index < -0.39 is 0 Å². The standard InChI is InChI=1S/C12H14N2O2/c1-8-11(14-12(13-2)16-8)9-5-4-6-10(7-9)15-3/h4-7H,1-3H3,(H,13,14). The molecule has 2 rings (SSSR count). The van der Waals surface area contributed by atoms with E-state index in [2.05, 4.69) is 10.3 Å². The Balaban J connectivity index is 2.45. The van der Waals surface area contributed by atoms with Gasteiger partial charge in [0, 0.05) is 12.6 Å². The first-order valence-electron chi connectivity index (χ1n) is 5.04. The lowest BCUT2D eigenvalue weighted by Gasteiger charge is -2.01. The molecular weight excluding hydrogens is 204 g/mol. The van der Waals surface area contributed by atoms with Gasteiger partial charge in [-0.3, -0.25) is 0 Å². The predicted molar refractivity (Wildman–Crippen MR) is 62.8 cm³/mol. The minimum atomic E-state index is 0.523. The van der Waals surface area contributed by atoms with Crippen molar-refractivity contribution in [2.45, 2.75) is 6.92 Å². The Morgan fingerprint density at radius 2 is 2.19 bits per heavy atom. The SMILES string of the molecule is CNc1nc(-c2cccc(OC)c2)c(C)o1. The quantitative estimate of drug-likeness (QED) is 0.860. The Hall–Kier alpha value is -1.97. The minimum Gasteiger partial charge on any atom is -0.497 e. The Bertz CT molecular complexity index is 492. The molecule has 16 heavy (non-hydrogen) atoms. The van der Waals surface area contributed by atoms with E-state index in [0.29, 0.717) is 6.01 Å². The summed E-state index contributed by atoms with van der Waals surface area (Å²) in [5, 5.41) is 2.88. The first kappa shape index (κ1) is 10.5. The highest BCUT2D eigenvalue weighted by atomic mass is 16.5. The van der Waals surface area contributed by atoms with E-state index in [1.807, 2.05) is 31.2 Å². The molecule has 4 heteroatoms. The van der Waals surface area contributed by atoms with Crippen LogP contribution in [-0.4, -0.2) is 19.1 Å². The number of anilines is 1. The highest BCUT2D eigenvalue weighted by molar-refractivity contribution is 5.64. The van der Waals surface area contributed by atoms with Crippen molar-refractivity contribution in [3.63, 3.8) is 0 Å². The number of methoxy groups -OCH3 is 1. The summed E-state index contributed by atoms with van der Waals surface area (Å²) in [6, 6.07) is 8.27. The maximum atomic E-state index is 5.43. The van der Waals surface area contributed by atoms with Crippen LogP contribution < -0.4 is 10.1 Å². The van der Waals surface area contributed by atoms with Gasteiger partial charge in [0.1, 0.15) is 17.2 Å². The molecule has 0 amide bonds. The van der Waals surface area contributed by atoms with Crippen molar-refractivity contribution >= 4 is 6.01 Å². The van der Waals surface area contributed by atoms with E-state index >= 15 is 0 Å². The minimum absolute atomic E-state index is 0.523. The van der Waals surface area contributed by atoms with Gasteiger partial charge in [0.2, 0.25) is 0 Å². The van der Waals surface area contributed by atoms with Crippen LogP contribution in [-0.2, 0) is 0 Å². The number of benzene rings is 1. The third-order valence-electron chi connectivity index (χ3n) is 2.35. The molecule has 0 aliphatic carbocycles. The number of nitrogens with one attached hydrogen (secondary N) is 1. The highest BCUT2D eigenvalue weighted by Crippen LogP contribution is 2.27. The van der Waals surface area contributed by atoms with Gasteiger partial charge in [-0.1, -0.05) is 12.1 Å². The maximum absolute atomic E-state index is 5.43. The number of oxazole rings is 1. The van der Waals surface area contributed by atoms with Crippen molar-refractivity contribution in [3.8, 4) is 17.0 Å². The summed E-state index contributed by atoms with van der Waals surface area (Å²) >= 11 is 0. The van der Waals surface area contributed by atoms with Crippen LogP contribution in [0.2, 0.25) is 0 Å². The average molecular weight is 218 g/mol. The zero-order valence-electron chi connectivity index (χ0n) is 9.57. The molecule has 1 aromatic carbocycles. The van der Waals surface area contributed by atoms with Crippen LogP contribution >= 0.6 is 0 Å². The summed E-state index contributed by atoms with van der Waals surface area (Å²) in [4.78, 5) is 4.34. The summed E-state index contributed by atoms with van der Waals surface area (Å²) in [6.45, 7) is 1.89. The van der Waals surface area contributed by atoms with Gasteiger partial charge >= 0.3 is 0 Å². The smallest absolute Gasteiger partial charge is 0.295 e. The normalized spacial score (nSPS) is 10.2. The first-order valence-corrected chi connectivity index (χ1v) is 5.04. The van der Waals surface area contributed by atoms with Gasteiger partial charge in [0.25, 0.3) is 6.01 Å². The number of nitrogens with zero attached hydrogens (tertiary/aromatic N) is 1. The molecule has 0 radical (unpaired) electrons. The molecule has 4 nitrogen and oxygen atoms in total. The number of ether oxygens (including phenoxy) is 1. The van der Waals surface area contributed by atoms with Crippen LogP contribution in [0.5, 0.6) is 5.75 Å². The van der Waals surface area contributed by atoms with E-state index in [1.165, 1.54) is 0 Å². The highest BCUT2D eigenvalue weighted by Gasteiger charge is 2.10. The third kappa shape index (κ3) is 1.86. The summed E-state index contributed by atoms with van der Waals surface area (Å²) in [6.07, 6.45) is 0. The molecule has 0 atom stereocenters. The average Bonchev–Trinajstić information content (AvgIpc) is 2.71. The molecule has 0 saturated heterocycles. The molecular formula is C12H14N2O2. The van der Waals surface area contributed by atoms with E-state index in [0.717, 1.165) is 22.8 Å². The molecule has 0 spiro atoms. The largest absolute Gasteiger partial charge is 0.497 e. The van der Waals surface area contributed by atoms with E-state index in [1.54, 1.807) is 14.2 Å². The molecule has 1 heterocycles. The summed E-state index contributed by atoms with van der Waals surface area (Å²) in [7, 11) is 3.43. The second kappa shape index (κ2) is 4.26. The number of rotatable bonds is 3. The number of aromatic nitrogens is 1. The lowest BCUT2D eigenvalue weighted by molar-refractivity contribution is 0.415. The lowest BCUT2D eigenvalue weighted by atomic mass is 10.1. The van der Waals surface area contributed by atoms with Crippen molar-refractivity contribution in [1.29, 1.82) is 0 Å². The molecule has 84 valence electrons.